The molecule has 29 heavy (non-hydrogen) atoms. The highest BCUT2D eigenvalue weighted by molar-refractivity contribution is 7.14. The Hall–Kier alpha value is -3.19. The molecule has 1 N–H and O–H groups in total. The number of phenolic OH excluding ortho intramolecular Hbond substituents is 1. The summed E-state index contributed by atoms with van der Waals surface area (Å²) in [5.41, 5.74) is 3.33. The molecule has 0 aliphatic carbocycles. The molecule has 3 aromatic rings. The quantitative estimate of drug-likeness (QED) is 0.593. The Kier molecular flexibility index (Phi) is 6.29. The summed E-state index contributed by atoms with van der Waals surface area (Å²) in [5, 5.41) is 12.1. The molecule has 0 atom stereocenters. The topological polar surface area (TPSA) is 79.7 Å². The normalized spacial score (nSPS) is 10.6. The highest BCUT2D eigenvalue weighted by atomic mass is 32.1. The highest BCUT2D eigenvalue weighted by Crippen LogP contribution is 2.32. The van der Waals surface area contributed by atoms with Gasteiger partial charge in [-0.1, -0.05) is 36.8 Å². The van der Waals surface area contributed by atoms with Crippen LogP contribution in [0.4, 0.5) is 10.8 Å². The minimum absolute atomic E-state index is 0.0517. The molecule has 0 aliphatic heterocycles. The number of anilines is 2. The van der Waals surface area contributed by atoms with Crippen LogP contribution in [0.2, 0.25) is 0 Å². The number of hydrogen-bond donors (Lipinski definition) is 1. The van der Waals surface area contributed by atoms with Crippen LogP contribution in [-0.4, -0.2) is 22.0 Å². The number of thiazole rings is 1. The van der Waals surface area contributed by atoms with Gasteiger partial charge in [-0.05, 0) is 37.1 Å². The Balaban J connectivity index is 1.78. The predicted octanol–water partition coefficient (Wildman–Crippen LogP) is 4.76. The lowest BCUT2D eigenvalue weighted by molar-refractivity contribution is -0.115. The van der Waals surface area contributed by atoms with Gasteiger partial charge in [-0.3, -0.25) is 9.69 Å². The zero-order chi connectivity index (χ0) is 21.0. The third-order valence-electron chi connectivity index (χ3n) is 4.38. The number of para-hydroxylation sites is 1. The van der Waals surface area contributed by atoms with E-state index in [1.54, 1.807) is 22.4 Å². The van der Waals surface area contributed by atoms with Crippen LogP contribution in [-0.2, 0) is 22.6 Å². The zero-order valence-corrected chi connectivity index (χ0v) is 17.3. The van der Waals surface area contributed by atoms with Crippen molar-refractivity contribution in [3.63, 3.8) is 0 Å². The van der Waals surface area contributed by atoms with Gasteiger partial charge >= 0.3 is 5.97 Å². The molecule has 0 fully saturated rings. The maximum Gasteiger partial charge on any atom is 0.342 e. The molecule has 1 amide bonds. The summed E-state index contributed by atoms with van der Waals surface area (Å²) in [6.45, 7) is 5.30. The summed E-state index contributed by atoms with van der Waals surface area (Å²) in [6.07, 6.45) is 0.787. The SMILES string of the molecule is CCc1ccccc1N(C(C)=O)c1nc(COC(=O)c2cc(C)ccc2O)cs1. The molecule has 1 aromatic heterocycles. The van der Waals surface area contributed by atoms with Crippen LogP contribution in [0.5, 0.6) is 5.75 Å². The third kappa shape index (κ3) is 4.63. The summed E-state index contributed by atoms with van der Waals surface area (Å²) >= 11 is 1.31. The Morgan fingerprint density at radius 1 is 1.21 bits per heavy atom. The second-order valence-electron chi connectivity index (χ2n) is 6.55. The van der Waals surface area contributed by atoms with Crippen molar-refractivity contribution >= 4 is 34.0 Å². The van der Waals surface area contributed by atoms with Gasteiger partial charge in [0.25, 0.3) is 0 Å². The van der Waals surface area contributed by atoms with E-state index in [2.05, 4.69) is 4.98 Å². The minimum atomic E-state index is -0.625. The number of aromatic hydroxyl groups is 1. The number of esters is 1. The Morgan fingerprint density at radius 3 is 2.69 bits per heavy atom. The lowest BCUT2D eigenvalue weighted by atomic mass is 10.1. The molecular formula is C22H22N2O4S. The van der Waals surface area contributed by atoms with Crippen molar-refractivity contribution in [1.29, 1.82) is 0 Å². The molecule has 0 unspecified atom stereocenters. The van der Waals surface area contributed by atoms with Gasteiger partial charge in [-0.25, -0.2) is 9.78 Å². The smallest absolute Gasteiger partial charge is 0.342 e. The second kappa shape index (κ2) is 8.87. The maximum atomic E-state index is 12.3. The Bertz CT molecular complexity index is 1040. The Labute approximate surface area is 173 Å². The number of carbonyl (C=O) groups is 2. The van der Waals surface area contributed by atoms with E-state index in [1.165, 1.54) is 24.3 Å². The third-order valence-corrected chi connectivity index (χ3v) is 5.26. The van der Waals surface area contributed by atoms with Crippen LogP contribution in [0.15, 0.2) is 47.8 Å². The van der Waals surface area contributed by atoms with Crippen molar-refractivity contribution in [2.24, 2.45) is 0 Å². The number of nitrogens with zero attached hydrogens (tertiary/aromatic N) is 2. The van der Waals surface area contributed by atoms with Crippen LogP contribution in [0.25, 0.3) is 0 Å². The van der Waals surface area contributed by atoms with Gasteiger partial charge < -0.3 is 9.84 Å². The first-order valence-electron chi connectivity index (χ1n) is 9.20. The number of amides is 1. The average Bonchev–Trinajstić information content (AvgIpc) is 3.16. The van der Waals surface area contributed by atoms with Gasteiger partial charge in [0.05, 0.1) is 11.4 Å². The fourth-order valence-electron chi connectivity index (χ4n) is 2.93. The number of phenols is 1. The van der Waals surface area contributed by atoms with Crippen LogP contribution in [0.3, 0.4) is 0 Å². The van der Waals surface area contributed by atoms with E-state index >= 15 is 0 Å². The molecule has 0 saturated heterocycles. The van der Waals surface area contributed by atoms with E-state index in [0.717, 1.165) is 23.2 Å². The van der Waals surface area contributed by atoms with Crippen molar-refractivity contribution in [3.05, 3.63) is 70.2 Å². The molecule has 0 aliphatic rings. The van der Waals surface area contributed by atoms with Crippen molar-refractivity contribution in [3.8, 4) is 5.75 Å². The van der Waals surface area contributed by atoms with Crippen LogP contribution < -0.4 is 4.90 Å². The molecule has 0 radical (unpaired) electrons. The number of aryl methyl sites for hydroxylation is 2. The number of carbonyl (C=O) groups excluding carboxylic acids is 2. The minimum Gasteiger partial charge on any atom is -0.507 e. The zero-order valence-electron chi connectivity index (χ0n) is 16.5. The number of ether oxygens (including phenoxy) is 1. The fourth-order valence-corrected chi connectivity index (χ4v) is 3.80. The summed E-state index contributed by atoms with van der Waals surface area (Å²) in [5.74, 6) is -0.896. The average molecular weight is 410 g/mol. The summed E-state index contributed by atoms with van der Waals surface area (Å²) in [4.78, 5) is 30.6. The lowest BCUT2D eigenvalue weighted by Crippen LogP contribution is -2.23. The first-order chi connectivity index (χ1) is 13.9. The van der Waals surface area contributed by atoms with Gasteiger partial charge in [-0.2, -0.15) is 0 Å². The first-order valence-corrected chi connectivity index (χ1v) is 10.1. The molecule has 3 rings (SSSR count). The molecule has 0 saturated carbocycles. The number of aromatic nitrogens is 1. The van der Waals surface area contributed by atoms with Crippen molar-refractivity contribution in [2.75, 3.05) is 4.90 Å². The molecule has 0 spiro atoms. The van der Waals surface area contributed by atoms with E-state index in [1.807, 2.05) is 38.1 Å². The molecule has 1 heterocycles. The van der Waals surface area contributed by atoms with Crippen LogP contribution in [0.1, 0.15) is 41.0 Å². The van der Waals surface area contributed by atoms with E-state index in [9.17, 15) is 14.7 Å². The highest BCUT2D eigenvalue weighted by Gasteiger charge is 2.21. The standard InChI is InChI=1S/C22H22N2O4S/c1-4-16-7-5-6-8-19(16)24(15(3)25)22-23-17(13-29-22)12-28-21(27)18-11-14(2)9-10-20(18)26/h5-11,13,26H,4,12H2,1-3H3. The van der Waals surface area contributed by atoms with Crippen molar-refractivity contribution in [1.82, 2.24) is 4.98 Å². The first kappa shape index (κ1) is 20.5. The van der Waals surface area contributed by atoms with Gasteiger partial charge in [-0.15, -0.1) is 11.3 Å². The fraction of sp³-hybridized carbons (Fsp3) is 0.227. The number of hydrogen-bond acceptors (Lipinski definition) is 6. The van der Waals surface area contributed by atoms with Crippen molar-refractivity contribution < 1.29 is 19.4 Å². The van der Waals surface area contributed by atoms with Gasteiger partial charge in [0.1, 0.15) is 17.9 Å². The summed E-state index contributed by atoms with van der Waals surface area (Å²) < 4.78 is 5.30. The second-order valence-corrected chi connectivity index (χ2v) is 7.39. The van der Waals surface area contributed by atoms with Crippen LogP contribution in [0, 0.1) is 6.92 Å². The molecular weight excluding hydrogens is 388 g/mol. The van der Waals surface area contributed by atoms with E-state index < -0.39 is 5.97 Å². The molecule has 6 nitrogen and oxygen atoms in total. The lowest BCUT2D eigenvalue weighted by Gasteiger charge is -2.20. The summed E-state index contributed by atoms with van der Waals surface area (Å²) in [7, 11) is 0. The number of rotatable bonds is 6. The molecule has 7 heteroatoms. The predicted molar refractivity (Wildman–Crippen MR) is 113 cm³/mol. The molecule has 150 valence electrons. The van der Waals surface area contributed by atoms with Crippen LogP contribution >= 0.6 is 11.3 Å². The Morgan fingerprint density at radius 2 is 1.97 bits per heavy atom. The monoisotopic (exact) mass is 410 g/mol. The van der Waals surface area contributed by atoms with Gasteiger partial charge in [0, 0.05) is 12.3 Å². The van der Waals surface area contributed by atoms with E-state index in [4.69, 9.17) is 4.74 Å². The largest absolute Gasteiger partial charge is 0.507 e. The maximum absolute atomic E-state index is 12.3. The number of benzene rings is 2. The molecule has 2 aromatic carbocycles. The van der Waals surface area contributed by atoms with E-state index in [0.29, 0.717) is 10.8 Å². The van der Waals surface area contributed by atoms with Gasteiger partial charge in [0.2, 0.25) is 5.91 Å². The van der Waals surface area contributed by atoms with E-state index in [-0.39, 0.29) is 23.8 Å². The van der Waals surface area contributed by atoms with Crippen molar-refractivity contribution in [2.45, 2.75) is 33.8 Å². The van der Waals surface area contributed by atoms with Gasteiger partial charge in [0.15, 0.2) is 5.13 Å². The summed E-state index contributed by atoms with van der Waals surface area (Å²) in [6, 6.07) is 12.4. The molecule has 0 bridgehead atoms.